The van der Waals surface area contributed by atoms with E-state index in [1.165, 1.54) is 10.9 Å². The van der Waals surface area contributed by atoms with Gasteiger partial charge in [-0.25, -0.2) is 4.98 Å². The zero-order valence-corrected chi connectivity index (χ0v) is 16.5. The predicted molar refractivity (Wildman–Crippen MR) is 114 cm³/mol. The van der Waals surface area contributed by atoms with Crippen LogP contribution in [-0.2, 0) is 16.0 Å². The van der Waals surface area contributed by atoms with E-state index in [1.807, 2.05) is 47.6 Å². The average Bonchev–Trinajstić information content (AvgIpc) is 3.48. The molecular formula is C23H23N5O2. The first-order valence-electron chi connectivity index (χ1n) is 10.2. The lowest BCUT2D eigenvalue weighted by atomic mass is 10.1. The molecule has 4 heterocycles. The predicted octanol–water partition coefficient (Wildman–Crippen LogP) is 3.49. The first-order chi connectivity index (χ1) is 14.8. The van der Waals surface area contributed by atoms with E-state index in [4.69, 9.17) is 9.72 Å². The van der Waals surface area contributed by atoms with Crippen LogP contribution in [0.15, 0.2) is 61.1 Å². The Balaban J connectivity index is 1.25. The highest BCUT2D eigenvalue weighted by Gasteiger charge is 2.26. The third kappa shape index (κ3) is 3.71. The Morgan fingerprint density at radius 1 is 1.17 bits per heavy atom. The van der Waals surface area contributed by atoms with Crippen molar-refractivity contribution in [2.45, 2.75) is 18.9 Å². The van der Waals surface area contributed by atoms with Crippen molar-refractivity contribution in [3.05, 3.63) is 72.3 Å². The highest BCUT2D eigenvalue weighted by atomic mass is 16.5. The number of hydrogen-bond donors (Lipinski definition) is 2. The lowest BCUT2D eigenvalue weighted by Crippen LogP contribution is -2.42. The number of nitrogens with zero attached hydrogens (tertiary/aromatic N) is 3. The second-order valence-electron chi connectivity index (χ2n) is 7.49. The van der Waals surface area contributed by atoms with E-state index >= 15 is 0 Å². The van der Waals surface area contributed by atoms with Crippen molar-refractivity contribution >= 4 is 16.8 Å². The topological polar surface area (TPSA) is 86.9 Å². The van der Waals surface area contributed by atoms with Crippen molar-refractivity contribution in [3.8, 4) is 11.3 Å². The maximum absolute atomic E-state index is 12.9. The summed E-state index contributed by atoms with van der Waals surface area (Å²) in [7, 11) is 0. The number of H-pyrrole nitrogens is 2. The molecule has 1 aliphatic rings. The Kier molecular flexibility index (Phi) is 5.03. The second-order valence-corrected chi connectivity index (χ2v) is 7.49. The third-order valence-electron chi connectivity index (χ3n) is 5.60. The number of aryl methyl sites for hydroxylation is 1. The van der Waals surface area contributed by atoms with Gasteiger partial charge in [0.15, 0.2) is 0 Å². The zero-order valence-electron chi connectivity index (χ0n) is 16.5. The maximum Gasteiger partial charge on any atom is 0.223 e. The minimum absolute atomic E-state index is 0.152. The summed E-state index contributed by atoms with van der Waals surface area (Å²) < 4.78 is 5.94. The summed E-state index contributed by atoms with van der Waals surface area (Å²) in [6.07, 6.45) is 6.55. The smallest absolute Gasteiger partial charge is 0.223 e. The second kappa shape index (κ2) is 8.12. The first kappa shape index (κ1) is 18.6. The van der Waals surface area contributed by atoms with Crippen molar-refractivity contribution in [3.63, 3.8) is 0 Å². The van der Waals surface area contributed by atoms with Gasteiger partial charge in [0.05, 0.1) is 30.7 Å². The van der Waals surface area contributed by atoms with Gasteiger partial charge in [-0.3, -0.25) is 9.89 Å². The van der Waals surface area contributed by atoms with Crippen molar-refractivity contribution in [2.24, 2.45) is 0 Å². The number of benzene rings is 1. The van der Waals surface area contributed by atoms with Gasteiger partial charge in [0, 0.05) is 41.8 Å². The Bertz CT molecular complexity index is 1150. The number of para-hydroxylation sites is 1. The van der Waals surface area contributed by atoms with Crippen LogP contribution in [0.4, 0.5) is 0 Å². The van der Waals surface area contributed by atoms with Crippen LogP contribution in [0.3, 0.4) is 0 Å². The molecule has 0 bridgehead atoms. The quantitative estimate of drug-likeness (QED) is 0.536. The highest BCUT2D eigenvalue weighted by molar-refractivity contribution is 5.84. The summed E-state index contributed by atoms with van der Waals surface area (Å²) >= 11 is 0. The van der Waals surface area contributed by atoms with Crippen LogP contribution in [0.25, 0.3) is 22.2 Å². The molecule has 7 heteroatoms. The molecule has 1 fully saturated rings. The van der Waals surface area contributed by atoms with Crippen LogP contribution in [0.2, 0.25) is 0 Å². The van der Waals surface area contributed by atoms with Crippen LogP contribution < -0.4 is 0 Å². The van der Waals surface area contributed by atoms with Gasteiger partial charge in [-0.1, -0.05) is 24.3 Å². The largest absolute Gasteiger partial charge is 0.368 e. The van der Waals surface area contributed by atoms with Crippen molar-refractivity contribution in [2.75, 3.05) is 19.7 Å². The van der Waals surface area contributed by atoms with E-state index in [1.54, 1.807) is 6.20 Å². The van der Waals surface area contributed by atoms with E-state index in [-0.39, 0.29) is 12.0 Å². The number of pyridine rings is 1. The molecule has 0 radical (unpaired) electrons. The summed E-state index contributed by atoms with van der Waals surface area (Å²) in [6, 6.07) is 14.0. The number of ether oxygens (including phenoxy) is 1. The van der Waals surface area contributed by atoms with E-state index in [0.29, 0.717) is 26.1 Å². The van der Waals surface area contributed by atoms with Gasteiger partial charge in [0.2, 0.25) is 5.91 Å². The normalized spacial score (nSPS) is 16.8. The number of aromatic nitrogens is 4. The van der Waals surface area contributed by atoms with E-state index in [0.717, 1.165) is 28.9 Å². The van der Waals surface area contributed by atoms with Gasteiger partial charge in [0.25, 0.3) is 0 Å². The number of carbonyl (C=O) groups is 1. The monoisotopic (exact) mass is 401 g/mol. The summed E-state index contributed by atoms with van der Waals surface area (Å²) in [5.41, 5.74) is 4.89. The van der Waals surface area contributed by atoms with E-state index < -0.39 is 0 Å². The van der Waals surface area contributed by atoms with Gasteiger partial charge in [-0.2, -0.15) is 5.10 Å². The third-order valence-corrected chi connectivity index (χ3v) is 5.60. The molecule has 4 aromatic rings. The molecule has 3 aromatic heterocycles. The zero-order chi connectivity index (χ0) is 20.3. The first-order valence-corrected chi connectivity index (χ1v) is 10.2. The maximum atomic E-state index is 12.9. The number of aromatic amines is 2. The molecule has 0 unspecified atom stereocenters. The lowest BCUT2D eigenvalue weighted by Gasteiger charge is -2.33. The molecule has 1 saturated heterocycles. The highest BCUT2D eigenvalue weighted by Crippen LogP contribution is 2.25. The van der Waals surface area contributed by atoms with Gasteiger partial charge >= 0.3 is 0 Å². The summed E-state index contributed by atoms with van der Waals surface area (Å²) in [4.78, 5) is 22.8. The molecule has 2 N–H and O–H groups in total. The fourth-order valence-electron chi connectivity index (χ4n) is 3.98. The number of morpholine rings is 1. The van der Waals surface area contributed by atoms with Crippen molar-refractivity contribution < 1.29 is 9.53 Å². The molecule has 1 aliphatic heterocycles. The standard InChI is InChI=1S/C23H23N5O2/c29-23(9-8-16-12-24-20-5-2-1-4-18(16)20)28-10-11-30-22(15-28)21-7-3-6-19(27-21)17-13-25-26-14-17/h1-7,12-14,22,24H,8-11,15H2,(H,25,26)/t22-/m0/s1. The van der Waals surface area contributed by atoms with Gasteiger partial charge in [-0.15, -0.1) is 0 Å². The molecule has 1 aromatic carbocycles. The lowest BCUT2D eigenvalue weighted by molar-refractivity contribution is -0.139. The average molecular weight is 401 g/mol. The van der Waals surface area contributed by atoms with Crippen LogP contribution in [0, 0.1) is 0 Å². The van der Waals surface area contributed by atoms with Gasteiger partial charge in [-0.05, 0) is 30.2 Å². The van der Waals surface area contributed by atoms with Crippen molar-refractivity contribution in [1.82, 2.24) is 25.1 Å². The Labute approximate surface area is 174 Å². The fraction of sp³-hybridized carbons (Fsp3) is 0.261. The molecule has 152 valence electrons. The Morgan fingerprint density at radius 2 is 2.10 bits per heavy atom. The molecule has 1 atom stereocenters. The SMILES string of the molecule is O=C(CCc1c[nH]c2ccccc12)N1CCO[C@H](c2cccc(-c3cn[nH]c3)n2)C1. The summed E-state index contributed by atoms with van der Waals surface area (Å²) in [6.45, 7) is 1.65. The number of fused-ring (bicyclic) bond motifs is 1. The van der Waals surface area contributed by atoms with E-state index in [2.05, 4.69) is 27.3 Å². The van der Waals surface area contributed by atoms with Crippen molar-refractivity contribution in [1.29, 1.82) is 0 Å². The van der Waals surface area contributed by atoms with Crippen LogP contribution in [-0.4, -0.2) is 50.7 Å². The number of hydrogen-bond acceptors (Lipinski definition) is 4. The molecule has 1 amide bonds. The Morgan fingerprint density at radius 3 is 3.00 bits per heavy atom. The van der Waals surface area contributed by atoms with Gasteiger partial charge < -0.3 is 14.6 Å². The molecule has 7 nitrogen and oxygen atoms in total. The minimum Gasteiger partial charge on any atom is -0.368 e. The molecule has 5 rings (SSSR count). The number of rotatable bonds is 5. The number of carbonyl (C=O) groups excluding carboxylic acids is 1. The van der Waals surface area contributed by atoms with Crippen LogP contribution in [0.5, 0.6) is 0 Å². The number of nitrogens with one attached hydrogen (secondary N) is 2. The number of amides is 1. The van der Waals surface area contributed by atoms with E-state index in [9.17, 15) is 4.79 Å². The molecule has 0 saturated carbocycles. The molecule has 0 aliphatic carbocycles. The summed E-state index contributed by atoms with van der Waals surface area (Å²) in [5.74, 6) is 0.152. The minimum atomic E-state index is -0.220. The summed E-state index contributed by atoms with van der Waals surface area (Å²) in [5, 5.41) is 7.98. The van der Waals surface area contributed by atoms with Crippen LogP contribution >= 0.6 is 0 Å². The Hall–Kier alpha value is -3.45. The van der Waals surface area contributed by atoms with Crippen LogP contribution in [0.1, 0.15) is 23.8 Å². The van der Waals surface area contributed by atoms with Gasteiger partial charge in [0.1, 0.15) is 6.10 Å². The molecular weight excluding hydrogens is 378 g/mol. The molecule has 0 spiro atoms. The molecule has 30 heavy (non-hydrogen) atoms. The fourth-order valence-corrected chi connectivity index (χ4v) is 3.98.